The molecule has 0 atom stereocenters. The average Bonchev–Trinajstić information content (AvgIpc) is 3.09. The lowest BCUT2D eigenvalue weighted by Gasteiger charge is -2.18. The molecule has 2 aromatic rings. The first kappa shape index (κ1) is 16.4. The van der Waals surface area contributed by atoms with Crippen LogP contribution >= 0.6 is 0 Å². The molecule has 3 rings (SSSR count). The zero-order valence-corrected chi connectivity index (χ0v) is 13.1. The molecular formula is C19H18F2O3. The number of alkyl halides is 2. The van der Waals surface area contributed by atoms with E-state index in [9.17, 15) is 13.6 Å². The standard InChI is InChI=1S/C19H18F2O3/c20-19(21)24-17-10-9-13(16-8-4-1-5-14(16)12-22)11-18(17)23-15-6-2-3-7-15/h1,4-5,8-12,15,19H,2-3,6-7H2. The summed E-state index contributed by atoms with van der Waals surface area (Å²) in [6, 6.07) is 11.9. The van der Waals surface area contributed by atoms with Crippen molar-refractivity contribution in [3.8, 4) is 22.6 Å². The number of benzene rings is 2. The van der Waals surface area contributed by atoms with E-state index >= 15 is 0 Å². The first-order chi connectivity index (χ1) is 11.7. The third-order valence-corrected chi connectivity index (χ3v) is 4.15. The van der Waals surface area contributed by atoms with Crippen LogP contribution in [0.5, 0.6) is 11.5 Å². The molecule has 0 bridgehead atoms. The Morgan fingerprint density at radius 1 is 1.04 bits per heavy atom. The lowest BCUT2D eigenvalue weighted by Crippen LogP contribution is -2.13. The smallest absolute Gasteiger partial charge is 0.387 e. The highest BCUT2D eigenvalue weighted by molar-refractivity contribution is 5.87. The van der Waals surface area contributed by atoms with Crippen LogP contribution in [0.15, 0.2) is 42.5 Å². The zero-order valence-electron chi connectivity index (χ0n) is 13.1. The molecule has 0 spiro atoms. The molecule has 5 heteroatoms. The lowest BCUT2D eigenvalue weighted by molar-refractivity contribution is -0.0520. The van der Waals surface area contributed by atoms with Crippen molar-refractivity contribution in [2.75, 3.05) is 0 Å². The fourth-order valence-electron chi connectivity index (χ4n) is 3.01. The SMILES string of the molecule is O=Cc1ccccc1-c1ccc(OC(F)F)c(OC2CCCC2)c1. The van der Waals surface area contributed by atoms with Crippen LogP contribution in [0.3, 0.4) is 0 Å². The molecule has 0 aromatic heterocycles. The molecule has 0 N–H and O–H groups in total. The van der Waals surface area contributed by atoms with Crippen molar-refractivity contribution in [2.45, 2.75) is 38.4 Å². The minimum atomic E-state index is -2.91. The van der Waals surface area contributed by atoms with E-state index in [1.54, 1.807) is 24.3 Å². The number of carbonyl (C=O) groups excluding carboxylic acids is 1. The zero-order chi connectivity index (χ0) is 16.9. The van der Waals surface area contributed by atoms with Crippen molar-refractivity contribution in [3.05, 3.63) is 48.0 Å². The summed E-state index contributed by atoms with van der Waals surface area (Å²) in [6.07, 6.45) is 4.75. The Labute approximate surface area is 139 Å². The summed E-state index contributed by atoms with van der Waals surface area (Å²) in [7, 11) is 0. The Hall–Kier alpha value is -2.43. The molecule has 0 saturated heterocycles. The Balaban J connectivity index is 1.97. The van der Waals surface area contributed by atoms with Crippen molar-refractivity contribution in [1.29, 1.82) is 0 Å². The van der Waals surface area contributed by atoms with Gasteiger partial charge in [-0.3, -0.25) is 4.79 Å². The van der Waals surface area contributed by atoms with Crippen LogP contribution in [0.2, 0.25) is 0 Å². The van der Waals surface area contributed by atoms with E-state index in [1.807, 2.05) is 12.1 Å². The lowest BCUT2D eigenvalue weighted by atomic mass is 10.00. The molecule has 126 valence electrons. The van der Waals surface area contributed by atoms with E-state index in [-0.39, 0.29) is 11.9 Å². The van der Waals surface area contributed by atoms with E-state index in [2.05, 4.69) is 4.74 Å². The highest BCUT2D eigenvalue weighted by Gasteiger charge is 2.20. The highest BCUT2D eigenvalue weighted by Crippen LogP contribution is 2.37. The Bertz CT molecular complexity index is 710. The summed E-state index contributed by atoms with van der Waals surface area (Å²) in [5.74, 6) is 0.310. The number of rotatable bonds is 6. The van der Waals surface area contributed by atoms with Gasteiger partial charge in [0.25, 0.3) is 0 Å². The molecule has 2 aromatic carbocycles. The maximum Gasteiger partial charge on any atom is 0.387 e. The van der Waals surface area contributed by atoms with Gasteiger partial charge in [-0.15, -0.1) is 0 Å². The second-order valence-corrected chi connectivity index (χ2v) is 5.77. The number of hydrogen-bond acceptors (Lipinski definition) is 3. The van der Waals surface area contributed by atoms with Gasteiger partial charge in [-0.25, -0.2) is 0 Å². The molecule has 1 aliphatic rings. The van der Waals surface area contributed by atoms with Gasteiger partial charge >= 0.3 is 6.61 Å². The topological polar surface area (TPSA) is 35.5 Å². The van der Waals surface area contributed by atoms with Crippen LogP contribution in [-0.4, -0.2) is 19.0 Å². The third kappa shape index (κ3) is 3.72. The maximum absolute atomic E-state index is 12.6. The first-order valence-electron chi connectivity index (χ1n) is 7.97. The number of ether oxygens (including phenoxy) is 2. The van der Waals surface area contributed by atoms with E-state index in [0.717, 1.165) is 43.1 Å². The number of halogens is 2. The van der Waals surface area contributed by atoms with E-state index < -0.39 is 6.61 Å². The quantitative estimate of drug-likeness (QED) is 0.691. The van der Waals surface area contributed by atoms with E-state index in [1.165, 1.54) is 6.07 Å². The third-order valence-electron chi connectivity index (χ3n) is 4.15. The first-order valence-corrected chi connectivity index (χ1v) is 7.97. The van der Waals surface area contributed by atoms with E-state index in [4.69, 9.17) is 4.74 Å². The fraction of sp³-hybridized carbons (Fsp3) is 0.316. The van der Waals surface area contributed by atoms with Crippen LogP contribution in [0, 0.1) is 0 Å². The summed E-state index contributed by atoms with van der Waals surface area (Å²) in [4.78, 5) is 11.2. The molecule has 0 unspecified atom stereocenters. The average molecular weight is 332 g/mol. The summed E-state index contributed by atoms with van der Waals surface area (Å²) in [5, 5.41) is 0. The van der Waals surface area contributed by atoms with Gasteiger partial charge in [0.05, 0.1) is 6.10 Å². The molecule has 0 amide bonds. The normalized spacial score (nSPS) is 14.8. The summed E-state index contributed by atoms with van der Waals surface area (Å²) >= 11 is 0. The monoisotopic (exact) mass is 332 g/mol. The number of aldehydes is 1. The highest BCUT2D eigenvalue weighted by atomic mass is 19.3. The van der Waals surface area contributed by atoms with Gasteiger partial charge in [0, 0.05) is 5.56 Å². The second kappa shape index (κ2) is 7.43. The Kier molecular flexibility index (Phi) is 5.08. The van der Waals surface area contributed by atoms with Gasteiger partial charge in [0.1, 0.15) is 0 Å². The van der Waals surface area contributed by atoms with Crippen molar-refractivity contribution in [2.24, 2.45) is 0 Å². The summed E-state index contributed by atoms with van der Waals surface area (Å²) in [6.45, 7) is -2.91. The Morgan fingerprint density at radius 3 is 2.50 bits per heavy atom. The van der Waals surface area contributed by atoms with Gasteiger partial charge in [-0.1, -0.05) is 30.3 Å². The molecule has 0 radical (unpaired) electrons. The number of hydrogen-bond donors (Lipinski definition) is 0. The molecule has 1 fully saturated rings. The molecule has 1 aliphatic carbocycles. The largest absolute Gasteiger partial charge is 0.487 e. The molecule has 24 heavy (non-hydrogen) atoms. The number of carbonyl (C=O) groups is 1. The van der Waals surface area contributed by atoms with Gasteiger partial charge < -0.3 is 9.47 Å². The van der Waals surface area contributed by atoms with E-state index in [0.29, 0.717) is 11.3 Å². The van der Waals surface area contributed by atoms with Crippen molar-refractivity contribution in [3.63, 3.8) is 0 Å². The van der Waals surface area contributed by atoms with Crippen LogP contribution in [0.4, 0.5) is 8.78 Å². The van der Waals surface area contributed by atoms with Crippen molar-refractivity contribution < 1.29 is 23.0 Å². The van der Waals surface area contributed by atoms with Crippen LogP contribution < -0.4 is 9.47 Å². The predicted molar refractivity (Wildman–Crippen MR) is 86.8 cm³/mol. The maximum atomic E-state index is 12.6. The summed E-state index contributed by atoms with van der Waals surface area (Å²) in [5.41, 5.74) is 1.99. The molecule has 0 aliphatic heterocycles. The summed E-state index contributed by atoms with van der Waals surface area (Å²) < 4.78 is 35.7. The molecule has 0 heterocycles. The van der Waals surface area contributed by atoms with Gasteiger partial charge in [-0.2, -0.15) is 8.78 Å². The predicted octanol–water partition coefficient (Wildman–Crippen LogP) is 5.09. The molecular weight excluding hydrogens is 314 g/mol. The van der Waals surface area contributed by atoms with Crippen molar-refractivity contribution in [1.82, 2.24) is 0 Å². The van der Waals surface area contributed by atoms with Gasteiger partial charge in [0.2, 0.25) is 0 Å². The minimum absolute atomic E-state index is 0.0154. The Morgan fingerprint density at radius 2 is 1.79 bits per heavy atom. The molecule has 1 saturated carbocycles. The van der Waals surface area contributed by atoms with Gasteiger partial charge in [0.15, 0.2) is 17.8 Å². The van der Waals surface area contributed by atoms with Crippen molar-refractivity contribution >= 4 is 6.29 Å². The van der Waals surface area contributed by atoms with Crippen LogP contribution in [-0.2, 0) is 0 Å². The minimum Gasteiger partial charge on any atom is -0.487 e. The van der Waals surface area contributed by atoms with Crippen LogP contribution in [0.1, 0.15) is 36.0 Å². The van der Waals surface area contributed by atoms with Gasteiger partial charge in [-0.05, 0) is 48.9 Å². The fourth-order valence-corrected chi connectivity index (χ4v) is 3.01. The molecule has 3 nitrogen and oxygen atoms in total. The van der Waals surface area contributed by atoms with Crippen LogP contribution in [0.25, 0.3) is 11.1 Å². The second-order valence-electron chi connectivity index (χ2n) is 5.77.